The lowest BCUT2D eigenvalue weighted by molar-refractivity contribution is 0.122. The Hall–Kier alpha value is -2.18. The normalized spacial score (nSPS) is 12.8. The van der Waals surface area contributed by atoms with Crippen molar-refractivity contribution in [2.75, 3.05) is 31.2 Å². The minimum atomic E-state index is 0.211. The molecule has 1 saturated heterocycles. The third kappa shape index (κ3) is 5.91. The highest BCUT2D eigenvalue weighted by Gasteiger charge is 2.21. The van der Waals surface area contributed by atoms with E-state index in [-0.39, 0.29) is 5.28 Å². The zero-order valence-corrected chi connectivity index (χ0v) is 18.5. The summed E-state index contributed by atoms with van der Waals surface area (Å²) in [5.41, 5.74) is 2.07. The van der Waals surface area contributed by atoms with Crippen molar-refractivity contribution in [3.63, 3.8) is 0 Å². The second kappa shape index (κ2) is 13.1. The van der Waals surface area contributed by atoms with Gasteiger partial charge in [-0.25, -0.2) is 4.98 Å². The van der Waals surface area contributed by atoms with Gasteiger partial charge in [-0.05, 0) is 23.7 Å². The lowest BCUT2D eigenvalue weighted by Crippen LogP contribution is -2.36. The number of nitrogens with zero attached hydrogens (tertiary/aromatic N) is 4. The maximum absolute atomic E-state index is 6.06. The predicted molar refractivity (Wildman–Crippen MR) is 117 cm³/mol. The molecule has 0 N–H and O–H groups in total. The molecule has 0 saturated carbocycles. The molecule has 3 aromatic rings. The van der Waals surface area contributed by atoms with Crippen LogP contribution in [0.3, 0.4) is 0 Å². The molecule has 1 fully saturated rings. The van der Waals surface area contributed by atoms with Gasteiger partial charge >= 0.3 is 0 Å². The van der Waals surface area contributed by atoms with Crippen LogP contribution in [0.4, 0.5) is 5.82 Å². The van der Waals surface area contributed by atoms with Crippen LogP contribution in [0.1, 0.15) is 41.5 Å². The highest BCUT2D eigenvalue weighted by Crippen LogP contribution is 2.32. The number of aromatic nitrogens is 3. The van der Waals surface area contributed by atoms with Crippen LogP contribution in [-0.4, -0.2) is 41.3 Å². The summed E-state index contributed by atoms with van der Waals surface area (Å²) in [7, 11) is 0. The van der Waals surface area contributed by atoms with Gasteiger partial charge in [-0.1, -0.05) is 47.6 Å². The first-order chi connectivity index (χ1) is 13.8. The van der Waals surface area contributed by atoms with E-state index in [1.807, 2.05) is 65.8 Å². The van der Waals surface area contributed by atoms with Crippen LogP contribution in [0.15, 0.2) is 34.9 Å². The SMILES string of the molecule is CC.CC.CC.Clc1nc(N2CCOCC2)c2oc(-c3ccccn3)cc2n1. The second-order valence-corrected chi connectivity index (χ2v) is 5.29. The van der Waals surface area contributed by atoms with Crippen molar-refractivity contribution in [1.82, 2.24) is 15.0 Å². The molecule has 0 unspecified atom stereocenters. The van der Waals surface area contributed by atoms with Crippen molar-refractivity contribution >= 4 is 28.5 Å². The van der Waals surface area contributed by atoms with Crippen LogP contribution in [0.2, 0.25) is 5.28 Å². The van der Waals surface area contributed by atoms with Crippen LogP contribution in [0, 0.1) is 0 Å². The van der Waals surface area contributed by atoms with Gasteiger partial charge in [0.05, 0.1) is 13.2 Å². The van der Waals surface area contributed by atoms with Crippen molar-refractivity contribution < 1.29 is 9.15 Å². The van der Waals surface area contributed by atoms with Gasteiger partial charge in [0.2, 0.25) is 5.28 Å². The topological polar surface area (TPSA) is 64.3 Å². The summed E-state index contributed by atoms with van der Waals surface area (Å²) in [6.45, 7) is 14.8. The number of ether oxygens (including phenoxy) is 1. The predicted octanol–water partition coefficient (Wildman–Crippen LogP) is 5.85. The largest absolute Gasteiger partial charge is 0.449 e. The Morgan fingerprint density at radius 2 is 1.64 bits per heavy atom. The molecule has 6 nitrogen and oxygen atoms in total. The Kier molecular flexibility index (Phi) is 11.1. The first-order valence-corrected chi connectivity index (χ1v) is 10.4. The summed E-state index contributed by atoms with van der Waals surface area (Å²) in [5.74, 6) is 1.36. The van der Waals surface area contributed by atoms with Crippen molar-refractivity contribution in [3.05, 3.63) is 35.7 Å². The number of halogens is 1. The molecular weight excluding hydrogens is 376 g/mol. The van der Waals surface area contributed by atoms with E-state index in [2.05, 4.69) is 19.9 Å². The van der Waals surface area contributed by atoms with Crippen molar-refractivity contribution in [2.45, 2.75) is 41.5 Å². The first kappa shape index (κ1) is 23.9. The Balaban J connectivity index is 0.000000599. The van der Waals surface area contributed by atoms with Crippen LogP contribution in [0.25, 0.3) is 22.6 Å². The molecule has 3 aromatic heterocycles. The number of rotatable bonds is 2. The second-order valence-electron chi connectivity index (χ2n) is 4.96. The molecule has 7 heteroatoms. The summed E-state index contributed by atoms with van der Waals surface area (Å²) in [6, 6.07) is 7.51. The highest BCUT2D eigenvalue weighted by molar-refractivity contribution is 6.28. The van der Waals surface area contributed by atoms with E-state index >= 15 is 0 Å². The molecule has 0 amide bonds. The van der Waals surface area contributed by atoms with Crippen LogP contribution >= 0.6 is 11.6 Å². The smallest absolute Gasteiger partial charge is 0.225 e. The number of anilines is 1. The quantitative estimate of drug-likeness (QED) is 0.497. The number of hydrogen-bond donors (Lipinski definition) is 0. The van der Waals surface area contributed by atoms with Gasteiger partial charge in [-0.15, -0.1) is 0 Å². The molecule has 0 spiro atoms. The maximum atomic E-state index is 6.06. The van der Waals surface area contributed by atoms with Crippen LogP contribution in [0.5, 0.6) is 0 Å². The van der Waals surface area contributed by atoms with Crippen LogP contribution < -0.4 is 4.90 Å². The number of hydrogen-bond acceptors (Lipinski definition) is 6. The van der Waals surface area contributed by atoms with Crippen molar-refractivity contribution in [3.8, 4) is 11.5 Å². The molecule has 0 aromatic carbocycles. The van der Waals surface area contributed by atoms with E-state index in [0.717, 1.165) is 18.8 Å². The van der Waals surface area contributed by atoms with E-state index in [0.29, 0.717) is 35.9 Å². The van der Waals surface area contributed by atoms with E-state index < -0.39 is 0 Å². The van der Waals surface area contributed by atoms with E-state index in [1.54, 1.807) is 6.20 Å². The Labute approximate surface area is 172 Å². The maximum Gasteiger partial charge on any atom is 0.225 e. The first-order valence-electron chi connectivity index (χ1n) is 10.0. The summed E-state index contributed by atoms with van der Waals surface area (Å²) in [6.07, 6.45) is 1.73. The minimum absolute atomic E-state index is 0.211. The fraction of sp³-hybridized carbons (Fsp3) is 0.476. The van der Waals surface area contributed by atoms with Crippen LogP contribution in [-0.2, 0) is 4.74 Å². The molecule has 0 atom stereocenters. The summed E-state index contributed by atoms with van der Waals surface area (Å²) in [4.78, 5) is 15.0. The molecule has 0 bridgehead atoms. The molecule has 154 valence electrons. The Morgan fingerprint density at radius 1 is 0.964 bits per heavy atom. The van der Waals surface area contributed by atoms with Gasteiger partial charge in [-0.3, -0.25) is 4.98 Å². The lowest BCUT2D eigenvalue weighted by Gasteiger charge is -2.27. The minimum Gasteiger partial charge on any atom is -0.449 e. The van der Waals surface area contributed by atoms with Gasteiger partial charge in [-0.2, -0.15) is 4.98 Å². The molecular formula is C21H31ClN4O2. The third-order valence-electron chi connectivity index (χ3n) is 3.55. The molecule has 0 aliphatic carbocycles. The standard InChI is InChI=1S/C15H13ClN4O2.3C2H6/c16-15-18-11-9-12(10-3-1-2-4-17-10)22-13(11)14(19-15)20-5-7-21-8-6-20;3*1-2/h1-4,9H,5-8H2;3*1-2H3. The molecule has 0 radical (unpaired) electrons. The monoisotopic (exact) mass is 406 g/mol. The fourth-order valence-corrected chi connectivity index (χ4v) is 2.68. The van der Waals surface area contributed by atoms with Gasteiger partial charge in [0, 0.05) is 25.4 Å². The molecule has 28 heavy (non-hydrogen) atoms. The number of furan rings is 1. The molecule has 4 heterocycles. The van der Waals surface area contributed by atoms with Gasteiger partial charge < -0.3 is 14.1 Å². The highest BCUT2D eigenvalue weighted by atomic mass is 35.5. The van der Waals surface area contributed by atoms with Gasteiger partial charge in [0.15, 0.2) is 17.2 Å². The fourth-order valence-electron chi connectivity index (χ4n) is 2.51. The summed E-state index contributed by atoms with van der Waals surface area (Å²) >= 11 is 6.06. The average Bonchev–Trinajstić information content (AvgIpc) is 3.22. The number of pyridine rings is 1. The average molecular weight is 407 g/mol. The Bertz CT molecular complexity index is 803. The Morgan fingerprint density at radius 3 is 2.25 bits per heavy atom. The zero-order valence-electron chi connectivity index (χ0n) is 17.7. The molecule has 4 rings (SSSR count). The third-order valence-corrected chi connectivity index (χ3v) is 3.72. The molecule has 1 aliphatic heterocycles. The molecule has 1 aliphatic rings. The number of fused-ring (bicyclic) bond motifs is 1. The van der Waals surface area contributed by atoms with Gasteiger partial charge in [0.1, 0.15) is 11.2 Å². The van der Waals surface area contributed by atoms with E-state index in [9.17, 15) is 0 Å². The lowest BCUT2D eigenvalue weighted by atomic mass is 10.3. The van der Waals surface area contributed by atoms with Crippen molar-refractivity contribution in [1.29, 1.82) is 0 Å². The number of morpholine rings is 1. The summed E-state index contributed by atoms with van der Waals surface area (Å²) in [5, 5.41) is 0.211. The summed E-state index contributed by atoms with van der Waals surface area (Å²) < 4.78 is 11.3. The zero-order chi connectivity index (χ0) is 20.9. The van der Waals surface area contributed by atoms with Gasteiger partial charge in [0.25, 0.3) is 0 Å². The van der Waals surface area contributed by atoms with E-state index in [1.165, 1.54) is 0 Å². The van der Waals surface area contributed by atoms with E-state index in [4.69, 9.17) is 20.8 Å². The van der Waals surface area contributed by atoms with Crippen molar-refractivity contribution in [2.24, 2.45) is 0 Å².